The molecule has 0 bridgehead atoms. The fourth-order valence-electron chi connectivity index (χ4n) is 3.23. The van der Waals surface area contributed by atoms with Gasteiger partial charge < -0.3 is 14.8 Å². The summed E-state index contributed by atoms with van der Waals surface area (Å²) in [4.78, 5) is 26.4. The molecule has 0 unspecified atom stereocenters. The monoisotopic (exact) mass is 463 g/mol. The van der Waals surface area contributed by atoms with Gasteiger partial charge in [-0.2, -0.15) is 0 Å². The van der Waals surface area contributed by atoms with Crippen molar-refractivity contribution in [2.24, 2.45) is 0 Å². The van der Waals surface area contributed by atoms with Crippen LogP contribution in [-0.4, -0.2) is 33.2 Å². The van der Waals surface area contributed by atoms with Crippen molar-refractivity contribution >= 4 is 41.6 Å². The fraction of sp³-hybridized carbons (Fsp3) is 0.0833. The topological polar surface area (TPSA) is 87.1 Å². The molecule has 1 fully saturated rings. The van der Waals surface area contributed by atoms with Crippen LogP contribution < -0.4 is 10.2 Å². The van der Waals surface area contributed by atoms with E-state index in [1.807, 2.05) is 6.07 Å². The van der Waals surface area contributed by atoms with Gasteiger partial charge in [0.25, 0.3) is 11.1 Å². The van der Waals surface area contributed by atoms with Crippen molar-refractivity contribution in [1.29, 1.82) is 0 Å². The first-order chi connectivity index (χ1) is 15.9. The molecule has 33 heavy (non-hydrogen) atoms. The van der Waals surface area contributed by atoms with Crippen molar-refractivity contribution in [1.82, 2.24) is 4.90 Å². The van der Waals surface area contributed by atoms with Crippen molar-refractivity contribution in [3.05, 3.63) is 100 Å². The normalized spacial score (nSPS) is 14.8. The third-order valence-corrected chi connectivity index (χ3v) is 5.87. The van der Waals surface area contributed by atoms with Crippen LogP contribution >= 0.6 is 11.8 Å². The average Bonchev–Trinajstić information content (AvgIpc) is 3.07. The number of benzene rings is 3. The van der Waals surface area contributed by atoms with Crippen molar-refractivity contribution in [3.63, 3.8) is 0 Å². The predicted octanol–water partition coefficient (Wildman–Crippen LogP) is 3.32. The Morgan fingerprint density at radius 1 is 0.970 bits per heavy atom. The second kappa shape index (κ2) is 10.0. The van der Waals surface area contributed by atoms with Crippen LogP contribution in [0.5, 0.6) is 5.75 Å². The Bertz CT molecular complexity index is 1200. The Kier molecular flexibility index (Phi) is 6.93. The van der Waals surface area contributed by atoms with E-state index >= 15 is 0 Å². The van der Waals surface area contributed by atoms with E-state index in [2.05, 4.69) is 0 Å². The van der Waals surface area contributed by atoms with Crippen molar-refractivity contribution < 1.29 is 28.8 Å². The van der Waals surface area contributed by atoms with E-state index in [9.17, 15) is 24.0 Å². The number of imide groups is 1. The van der Waals surface area contributed by atoms with Crippen molar-refractivity contribution in [3.8, 4) is 5.75 Å². The van der Waals surface area contributed by atoms with Crippen LogP contribution in [0.25, 0.3) is 6.08 Å². The Balaban J connectivity index is 1.39. The minimum atomic E-state index is -1.54. The first-order valence-corrected chi connectivity index (χ1v) is 10.9. The number of carbonyl (C=O) groups excluding carboxylic acids is 2. The van der Waals surface area contributed by atoms with E-state index in [0.717, 1.165) is 27.8 Å². The van der Waals surface area contributed by atoms with Gasteiger partial charge in [-0.3, -0.25) is 14.5 Å². The van der Waals surface area contributed by atoms with Crippen LogP contribution in [0.15, 0.2) is 77.7 Å². The molecular weight excluding hydrogens is 444 g/mol. The Morgan fingerprint density at radius 3 is 2.39 bits per heavy atom. The summed E-state index contributed by atoms with van der Waals surface area (Å²) in [7, 11) is -1.54. The van der Waals surface area contributed by atoms with Crippen molar-refractivity contribution in [2.75, 3.05) is 0 Å². The molecule has 0 aliphatic carbocycles. The average molecular weight is 463 g/mol. The lowest BCUT2D eigenvalue weighted by Gasteiger charge is -2.12. The van der Waals surface area contributed by atoms with E-state index in [1.165, 1.54) is 12.1 Å². The molecule has 3 aromatic rings. The minimum absolute atomic E-state index is 0.0869. The van der Waals surface area contributed by atoms with Gasteiger partial charge in [0.15, 0.2) is 0 Å². The number of halogens is 1. The number of amides is 2. The van der Waals surface area contributed by atoms with Gasteiger partial charge in [-0.25, -0.2) is 4.39 Å². The number of ether oxygens (including phenoxy) is 1. The summed E-state index contributed by atoms with van der Waals surface area (Å²) in [5, 5.41) is 18.2. The highest BCUT2D eigenvalue weighted by Gasteiger charge is 2.34. The molecule has 0 aromatic heterocycles. The third kappa shape index (κ3) is 5.70. The summed E-state index contributed by atoms with van der Waals surface area (Å²) in [6.07, 6.45) is 1.64. The van der Waals surface area contributed by atoms with E-state index < -0.39 is 7.12 Å². The van der Waals surface area contributed by atoms with Gasteiger partial charge in [-0.05, 0) is 64.3 Å². The maximum atomic E-state index is 13.1. The molecule has 6 nitrogen and oxygen atoms in total. The molecule has 9 heteroatoms. The lowest BCUT2D eigenvalue weighted by molar-refractivity contribution is -0.123. The van der Waals surface area contributed by atoms with Crippen molar-refractivity contribution in [2.45, 2.75) is 13.2 Å². The molecule has 166 valence electrons. The van der Waals surface area contributed by atoms with E-state index in [4.69, 9.17) is 4.74 Å². The van der Waals surface area contributed by atoms with E-state index in [0.29, 0.717) is 21.7 Å². The number of rotatable bonds is 7. The SMILES string of the molecule is O=C1S/C(=C\c2ccc(OCc3cccc(B(O)O)c3)cc2)C(=O)N1Cc1ccc(F)cc1. The molecule has 1 aliphatic heterocycles. The summed E-state index contributed by atoms with van der Waals surface area (Å²) in [5.74, 6) is -0.162. The molecule has 2 N–H and O–H groups in total. The Morgan fingerprint density at radius 2 is 1.70 bits per heavy atom. The quantitative estimate of drug-likeness (QED) is 0.413. The zero-order valence-electron chi connectivity index (χ0n) is 17.3. The molecular formula is C24H19BFNO5S. The second-order valence-electron chi connectivity index (χ2n) is 7.37. The van der Waals surface area contributed by atoms with E-state index in [-0.39, 0.29) is 30.1 Å². The Hall–Kier alpha value is -3.40. The van der Waals surface area contributed by atoms with Crippen LogP contribution in [0.2, 0.25) is 0 Å². The summed E-state index contributed by atoms with van der Waals surface area (Å²) in [5.41, 5.74) is 2.58. The summed E-state index contributed by atoms with van der Waals surface area (Å²) in [6.45, 7) is 0.339. The van der Waals surface area contributed by atoms with Crippen LogP contribution in [0, 0.1) is 5.82 Å². The summed E-state index contributed by atoms with van der Waals surface area (Å²) in [6, 6.07) is 19.5. The molecule has 0 radical (unpaired) electrons. The molecule has 0 saturated carbocycles. The number of carbonyl (C=O) groups is 2. The van der Waals surface area contributed by atoms with E-state index in [1.54, 1.807) is 60.7 Å². The maximum absolute atomic E-state index is 13.1. The highest BCUT2D eigenvalue weighted by Crippen LogP contribution is 2.33. The highest BCUT2D eigenvalue weighted by molar-refractivity contribution is 8.18. The van der Waals surface area contributed by atoms with Crippen LogP contribution in [0.4, 0.5) is 9.18 Å². The zero-order chi connectivity index (χ0) is 23.4. The molecule has 1 heterocycles. The summed E-state index contributed by atoms with van der Waals surface area (Å²) < 4.78 is 18.8. The number of hydrogen-bond acceptors (Lipinski definition) is 6. The number of thioether (sulfide) groups is 1. The largest absolute Gasteiger partial charge is 0.489 e. The molecule has 2 amide bonds. The standard InChI is InChI=1S/C24H19BFNO5S/c26-20-8-4-17(5-9-20)14-27-23(28)22(33-24(27)29)13-16-6-10-21(11-7-16)32-15-18-2-1-3-19(12-18)25(30)31/h1-13,30-31H,14-15H2/b22-13-. The smallest absolute Gasteiger partial charge is 0.488 e. The number of hydrogen-bond donors (Lipinski definition) is 2. The van der Waals surface area contributed by atoms with Crippen LogP contribution in [0.1, 0.15) is 16.7 Å². The lowest BCUT2D eigenvalue weighted by Crippen LogP contribution is -2.29. The minimum Gasteiger partial charge on any atom is -0.489 e. The van der Waals surface area contributed by atoms with Gasteiger partial charge in [0, 0.05) is 0 Å². The zero-order valence-corrected chi connectivity index (χ0v) is 18.2. The van der Waals surface area contributed by atoms with Crippen LogP contribution in [0.3, 0.4) is 0 Å². The Labute approximate surface area is 194 Å². The summed E-state index contributed by atoms with van der Waals surface area (Å²) >= 11 is 0.867. The first kappa shape index (κ1) is 22.8. The second-order valence-corrected chi connectivity index (χ2v) is 8.36. The first-order valence-electron chi connectivity index (χ1n) is 10.1. The molecule has 1 aliphatic rings. The van der Waals surface area contributed by atoms with Crippen LogP contribution in [-0.2, 0) is 17.9 Å². The maximum Gasteiger partial charge on any atom is 0.488 e. The van der Waals surface area contributed by atoms with Gasteiger partial charge >= 0.3 is 7.12 Å². The molecule has 4 rings (SSSR count). The van der Waals surface area contributed by atoms with Gasteiger partial charge in [0.1, 0.15) is 18.2 Å². The van der Waals surface area contributed by atoms with Gasteiger partial charge in [-0.15, -0.1) is 0 Å². The molecule has 3 aromatic carbocycles. The predicted molar refractivity (Wildman–Crippen MR) is 125 cm³/mol. The highest BCUT2D eigenvalue weighted by atomic mass is 32.2. The molecule has 0 spiro atoms. The van der Waals surface area contributed by atoms with Gasteiger partial charge in [0.2, 0.25) is 0 Å². The lowest BCUT2D eigenvalue weighted by atomic mass is 9.80. The third-order valence-electron chi connectivity index (χ3n) is 4.96. The fourth-order valence-corrected chi connectivity index (χ4v) is 4.07. The van der Waals surface area contributed by atoms with Gasteiger partial charge in [0.05, 0.1) is 11.4 Å². The molecule has 0 atom stereocenters. The molecule has 1 saturated heterocycles. The van der Waals surface area contributed by atoms with Gasteiger partial charge in [-0.1, -0.05) is 48.5 Å². The number of nitrogens with zero attached hydrogens (tertiary/aromatic N) is 1.